The van der Waals surface area contributed by atoms with Gasteiger partial charge in [0.15, 0.2) is 0 Å². The second kappa shape index (κ2) is 5.49. The average molecular weight is 342 g/mol. The Morgan fingerprint density at radius 3 is 2.71 bits per heavy atom. The van der Waals surface area contributed by atoms with Crippen molar-refractivity contribution in [3.63, 3.8) is 0 Å². The molecule has 0 atom stereocenters. The van der Waals surface area contributed by atoms with Crippen LogP contribution in [0, 0.1) is 16.3 Å². The molecular formula is C14H12FIO. The van der Waals surface area contributed by atoms with Crippen molar-refractivity contribution in [2.24, 2.45) is 0 Å². The van der Waals surface area contributed by atoms with Crippen molar-refractivity contribution in [3.05, 3.63) is 63.0 Å². The van der Waals surface area contributed by atoms with Crippen LogP contribution in [0.5, 0.6) is 5.75 Å². The van der Waals surface area contributed by atoms with Crippen molar-refractivity contribution in [2.75, 3.05) is 0 Å². The van der Waals surface area contributed by atoms with Crippen LogP contribution < -0.4 is 4.74 Å². The standard InChI is InChI=1S/C14H12FIO/c1-10-6-7-12(15)8-11(10)9-17-14-5-3-2-4-13(14)16/h2-8H,9H2,1H3. The third-order valence-electron chi connectivity index (χ3n) is 2.53. The van der Waals surface area contributed by atoms with Crippen LogP contribution in [0.2, 0.25) is 0 Å². The highest BCUT2D eigenvalue weighted by molar-refractivity contribution is 14.1. The molecule has 2 aromatic rings. The fourth-order valence-electron chi connectivity index (χ4n) is 1.51. The van der Waals surface area contributed by atoms with Crippen molar-refractivity contribution < 1.29 is 9.13 Å². The zero-order valence-corrected chi connectivity index (χ0v) is 11.6. The molecule has 0 radical (unpaired) electrons. The van der Waals surface area contributed by atoms with Crippen molar-refractivity contribution in [1.82, 2.24) is 0 Å². The molecule has 0 N–H and O–H groups in total. The number of aryl methyl sites for hydroxylation is 1. The summed E-state index contributed by atoms with van der Waals surface area (Å²) in [4.78, 5) is 0. The van der Waals surface area contributed by atoms with Crippen LogP contribution in [0.3, 0.4) is 0 Å². The Kier molecular flexibility index (Phi) is 3.99. The van der Waals surface area contributed by atoms with Gasteiger partial charge in [0.25, 0.3) is 0 Å². The van der Waals surface area contributed by atoms with Crippen molar-refractivity contribution in [3.8, 4) is 5.75 Å². The summed E-state index contributed by atoms with van der Waals surface area (Å²) in [5.74, 6) is 0.605. The highest BCUT2D eigenvalue weighted by Gasteiger charge is 2.03. The van der Waals surface area contributed by atoms with Crippen LogP contribution in [0.4, 0.5) is 4.39 Å². The van der Waals surface area contributed by atoms with Crippen molar-refractivity contribution >= 4 is 22.6 Å². The second-order valence-corrected chi connectivity index (χ2v) is 4.95. The number of hydrogen-bond donors (Lipinski definition) is 0. The van der Waals surface area contributed by atoms with E-state index in [1.54, 1.807) is 6.07 Å². The summed E-state index contributed by atoms with van der Waals surface area (Å²) in [6.07, 6.45) is 0. The molecule has 0 fully saturated rings. The van der Waals surface area contributed by atoms with Gasteiger partial charge in [-0.15, -0.1) is 0 Å². The van der Waals surface area contributed by atoms with Gasteiger partial charge in [-0.2, -0.15) is 0 Å². The zero-order chi connectivity index (χ0) is 12.3. The molecule has 2 rings (SSSR count). The van der Waals surface area contributed by atoms with Crippen LogP contribution >= 0.6 is 22.6 Å². The van der Waals surface area contributed by atoms with Gasteiger partial charge in [0.1, 0.15) is 18.2 Å². The Morgan fingerprint density at radius 1 is 1.18 bits per heavy atom. The first kappa shape index (κ1) is 12.4. The van der Waals surface area contributed by atoms with Gasteiger partial charge < -0.3 is 4.74 Å². The highest BCUT2D eigenvalue weighted by atomic mass is 127. The molecule has 2 aromatic carbocycles. The summed E-state index contributed by atoms with van der Waals surface area (Å²) in [7, 11) is 0. The summed E-state index contributed by atoms with van der Waals surface area (Å²) < 4.78 is 19.8. The Balaban J connectivity index is 2.12. The first-order valence-electron chi connectivity index (χ1n) is 5.29. The van der Waals surface area contributed by atoms with Crippen molar-refractivity contribution in [1.29, 1.82) is 0 Å². The van der Waals surface area contributed by atoms with Gasteiger partial charge in [0, 0.05) is 0 Å². The van der Waals surface area contributed by atoms with Gasteiger partial charge in [-0.25, -0.2) is 4.39 Å². The maximum atomic E-state index is 13.1. The van der Waals surface area contributed by atoms with E-state index >= 15 is 0 Å². The monoisotopic (exact) mass is 342 g/mol. The number of para-hydroxylation sites is 1. The summed E-state index contributed by atoms with van der Waals surface area (Å²) in [5.41, 5.74) is 1.92. The molecule has 17 heavy (non-hydrogen) atoms. The number of hydrogen-bond acceptors (Lipinski definition) is 1. The molecule has 1 nitrogen and oxygen atoms in total. The van der Waals surface area contributed by atoms with Crippen LogP contribution in [0.15, 0.2) is 42.5 Å². The van der Waals surface area contributed by atoms with Gasteiger partial charge in [-0.1, -0.05) is 18.2 Å². The maximum absolute atomic E-state index is 13.1. The lowest BCUT2D eigenvalue weighted by atomic mass is 10.1. The fourth-order valence-corrected chi connectivity index (χ4v) is 2.06. The normalized spacial score (nSPS) is 10.3. The quantitative estimate of drug-likeness (QED) is 0.755. The van der Waals surface area contributed by atoms with Gasteiger partial charge >= 0.3 is 0 Å². The van der Waals surface area contributed by atoms with Gasteiger partial charge in [0.05, 0.1) is 3.57 Å². The number of rotatable bonds is 3. The minimum absolute atomic E-state index is 0.225. The Hall–Kier alpha value is -1.10. The lowest BCUT2D eigenvalue weighted by Gasteiger charge is -2.10. The van der Waals surface area contributed by atoms with Gasteiger partial charge in [-0.3, -0.25) is 0 Å². The summed E-state index contributed by atoms with van der Waals surface area (Å²) in [6, 6.07) is 12.5. The van der Waals surface area contributed by atoms with E-state index in [4.69, 9.17) is 4.74 Å². The molecular weight excluding hydrogens is 330 g/mol. The molecule has 0 amide bonds. The summed E-state index contributed by atoms with van der Waals surface area (Å²) >= 11 is 2.22. The predicted molar refractivity (Wildman–Crippen MR) is 74.6 cm³/mol. The lowest BCUT2D eigenvalue weighted by Crippen LogP contribution is -1.99. The summed E-state index contributed by atoms with van der Waals surface area (Å²) in [6.45, 7) is 2.34. The zero-order valence-electron chi connectivity index (χ0n) is 9.41. The molecule has 0 spiro atoms. The topological polar surface area (TPSA) is 9.23 Å². The summed E-state index contributed by atoms with van der Waals surface area (Å²) in [5, 5.41) is 0. The van der Waals surface area contributed by atoms with Gasteiger partial charge in [-0.05, 0) is 64.9 Å². The van der Waals surface area contributed by atoms with E-state index in [0.717, 1.165) is 20.4 Å². The van der Waals surface area contributed by atoms with E-state index in [1.807, 2.05) is 31.2 Å². The molecule has 88 valence electrons. The van der Waals surface area contributed by atoms with E-state index in [1.165, 1.54) is 12.1 Å². The first-order valence-corrected chi connectivity index (χ1v) is 6.37. The smallest absolute Gasteiger partial charge is 0.133 e. The lowest BCUT2D eigenvalue weighted by molar-refractivity contribution is 0.302. The molecule has 0 bridgehead atoms. The van der Waals surface area contributed by atoms with Gasteiger partial charge in [0.2, 0.25) is 0 Å². The molecule has 0 saturated carbocycles. The molecule has 0 aliphatic heterocycles. The van der Waals surface area contributed by atoms with E-state index in [9.17, 15) is 4.39 Å². The van der Waals surface area contributed by atoms with Crippen LogP contribution in [0.25, 0.3) is 0 Å². The SMILES string of the molecule is Cc1ccc(F)cc1COc1ccccc1I. The molecule has 0 aliphatic carbocycles. The van der Waals surface area contributed by atoms with E-state index in [0.29, 0.717) is 6.61 Å². The van der Waals surface area contributed by atoms with Crippen molar-refractivity contribution in [2.45, 2.75) is 13.5 Å². The highest BCUT2D eigenvalue weighted by Crippen LogP contribution is 2.21. The third kappa shape index (κ3) is 3.19. The van der Waals surface area contributed by atoms with Crippen LogP contribution in [-0.2, 0) is 6.61 Å². The second-order valence-electron chi connectivity index (χ2n) is 3.79. The Morgan fingerprint density at radius 2 is 1.94 bits per heavy atom. The Labute approximate surface area is 114 Å². The predicted octanol–water partition coefficient (Wildman–Crippen LogP) is 4.32. The minimum atomic E-state index is -0.225. The molecule has 0 saturated heterocycles. The number of halogens is 2. The molecule has 0 heterocycles. The van der Waals surface area contributed by atoms with Crippen LogP contribution in [-0.4, -0.2) is 0 Å². The van der Waals surface area contributed by atoms with E-state index < -0.39 is 0 Å². The fraction of sp³-hybridized carbons (Fsp3) is 0.143. The number of ether oxygens (including phenoxy) is 1. The van der Waals surface area contributed by atoms with Crippen LogP contribution in [0.1, 0.15) is 11.1 Å². The minimum Gasteiger partial charge on any atom is -0.488 e. The Bertz CT molecular complexity index is 525. The third-order valence-corrected chi connectivity index (χ3v) is 3.42. The molecule has 0 aromatic heterocycles. The molecule has 0 unspecified atom stereocenters. The molecule has 0 aliphatic rings. The number of benzene rings is 2. The average Bonchev–Trinajstić information content (AvgIpc) is 2.32. The van der Waals surface area contributed by atoms with E-state index in [2.05, 4.69) is 22.6 Å². The maximum Gasteiger partial charge on any atom is 0.133 e. The first-order chi connectivity index (χ1) is 8.16. The molecule has 3 heteroatoms. The largest absolute Gasteiger partial charge is 0.488 e. The van der Waals surface area contributed by atoms with E-state index in [-0.39, 0.29) is 5.82 Å².